The van der Waals surface area contributed by atoms with Gasteiger partial charge in [0.1, 0.15) is 0 Å². The standard InChI is InChI=1S/C13H14N2.ClH/c1-14-12-4-5-13-10(7-12)6-11(8-15-13)9-2-3-9;/h4-9,14H,2-3H2,1H3;1H. The molecule has 0 unspecified atom stereocenters. The number of rotatable bonds is 2. The van der Waals surface area contributed by atoms with Gasteiger partial charge in [0.2, 0.25) is 0 Å². The third-order valence-electron chi connectivity index (χ3n) is 3.04. The normalized spacial score (nSPS) is 14.6. The SMILES string of the molecule is CNc1ccc2ncc(C3CC3)cc2c1.Cl. The number of hydrogen-bond donors (Lipinski definition) is 1. The average molecular weight is 235 g/mol. The lowest BCUT2D eigenvalue weighted by molar-refractivity contribution is 1.11. The van der Waals surface area contributed by atoms with E-state index in [2.05, 4.69) is 34.6 Å². The molecule has 1 aliphatic carbocycles. The number of benzene rings is 1. The molecule has 1 fully saturated rings. The molecule has 0 saturated heterocycles. The Morgan fingerprint density at radius 2 is 2.06 bits per heavy atom. The highest BCUT2D eigenvalue weighted by Gasteiger charge is 2.23. The molecule has 1 aliphatic rings. The molecule has 0 amide bonds. The maximum Gasteiger partial charge on any atom is 0.0703 e. The number of pyridine rings is 1. The summed E-state index contributed by atoms with van der Waals surface area (Å²) in [5.41, 5.74) is 3.63. The number of nitrogens with one attached hydrogen (secondary N) is 1. The summed E-state index contributed by atoms with van der Waals surface area (Å²) in [5, 5.41) is 4.40. The van der Waals surface area contributed by atoms with Crippen molar-refractivity contribution in [3.05, 3.63) is 36.0 Å². The summed E-state index contributed by atoms with van der Waals surface area (Å²) >= 11 is 0. The summed E-state index contributed by atoms with van der Waals surface area (Å²) in [7, 11) is 1.94. The summed E-state index contributed by atoms with van der Waals surface area (Å²) in [6, 6.07) is 8.57. The van der Waals surface area contributed by atoms with Gasteiger partial charge in [-0.05, 0) is 48.6 Å². The number of fused-ring (bicyclic) bond motifs is 1. The van der Waals surface area contributed by atoms with Crippen molar-refractivity contribution in [2.45, 2.75) is 18.8 Å². The van der Waals surface area contributed by atoms with Gasteiger partial charge in [0, 0.05) is 24.3 Å². The van der Waals surface area contributed by atoms with Crippen molar-refractivity contribution < 1.29 is 0 Å². The highest BCUT2D eigenvalue weighted by molar-refractivity contribution is 5.85. The zero-order valence-corrected chi connectivity index (χ0v) is 10.1. The van der Waals surface area contributed by atoms with Gasteiger partial charge in [0.15, 0.2) is 0 Å². The third-order valence-corrected chi connectivity index (χ3v) is 3.04. The van der Waals surface area contributed by atoms with Crippen LogP contribution in [0.5, 0.6) is 0 Å². The van der Waals surface area contributed by atoms with Gasteiger partial charge in [-0.2, -0.15) is 0 Å². The van der Waals surface area contributed by atoms with E-state index < -0.39 is 0 Å². The van der Waals surface area contributed by atoms with E-state index in [-0.39, 0.29) is 12.4 Å². The van der Waals surface area contributed by atoms with E-state index in [1.54, 1.807) is 0 Å². The average Bonchev–Trinajstić information content (AvgIpc) is 3.11. The van der Waals surface area contributed by atoms with Crippen LogP contribution in [0.15, 0.2) is 30.5 Å². The Bertz CT molecular complexity index is 506. The first-order chi connectivity index (χ1) is 7.36. The molecular formula is C13H15ClN2. The van der Waals surface area contributed by atoms with Crippen molar-refractivity contribution in [3.8, 4) is 0 Å². The van der Waals surface area contributed by atoms with Gasteiger partial charge in [-0.25, -0.2) is 0 Å². The fourth-order valence-electron chi connectivity index (χ4n) is 1.94. The number of halogens is 1. The van der Waals surface area contributed by atoms with E-state index in [0.29, 0.717) is 0 Å². The zero-order chi connectivity index (χ0) is 10.3. The van der Waals surface area contributed by atoms with Crippen molar-refractivity contribution in [2.75, 3.05) is 12.4 Å². The van der Waals surface area contributed by atoms with E-state index in [0.717, 1.165) is 17.1 Å². The lowest BCUT2D eigenvalue weighted by Crippen LogP contribution is -1.89. The van der Waals surface area contributed by atoms with Crippen LogP contribution in [-0.4, -0.2) is 12.0 Å². The molecule has 1 heterocycles. The van der Waals surface area contributed by atoms with E-state index in [9.17, 15) is 0 Å². The smallest absolute Gasteiger partial charge is 0.0703 e. The highest BCUT2D eigenvalue weighted by atomic mass is 35.5. The second kappa shape index (κ2) is 4.30. The minimum Gasteiger partial charge on any atom is -0.388 e. The molecule has 0 aliphatic heterocycles. The summed E-state index contributed by atoms with van der Waals surface area (Å²) in [5.74, 6) is 0.778. The lowest BCUT2D eigenvalue weighted by atomic mass is 10.1. The van der Waals surface area contributed by atoms with Crippen LogP contribution >= 0.6 is 12.4 Å². The van der Waals surface area contributed by atoms with E-state index in [1.165, 1.54) is 23.8 Å². The largest absolute Gasteiger partial charge is 0.388 e. The van der Waals surface area contributed by atoms with Crippen LogP contribution < -0.4 is 5.32 Å². The Morgan fingerprint density at radius 3 is 2.75 bits per heavy atom. The van der Waals surface area contributed by atoms with Gasteiger partial charge >= 0.3 is 0 Å². The molecule has 1 aromatic heterocycles. The van der Waals surface area contributed by atoms with Crippen molar-refractivity contribution in [1.82, 2.24) is 4.98 Å². The Hall–Kier alpha value is -1.28. The van der Waals surface area contributed by atoms with Crippen molar-refractivity contribution in [1.29, 1.82) is 0 Å². The summed E-state index contributed by atoms with van der Waals surface area (Å²) in [6.07, 6.45) is 4.69. The quantitative estimate of drug-likeness (QED) is 0.859. The van der Waals surface area contributed by atoms with Crippen molar-refractivity contribution in [3.63, 3.8) is 0 Å². The lowest BCUT2D eigenvalue weighted by Gasteiger charge is -2.04. The number of hydrogen-bond acceptors (Lipinski definition) is 2. The van der Waals surface area contributed by atoms with Gasteiger partial charge in [-0.1, -0.05) is 0 Å². The minimum atomic E-state index is 0. The topological polar surface area (TPSA) is 24.9 Å². The monoisotopic (exact) mass is 234 g/mol. The number of aromatic nitrogens is 1. The second-order valence-electron chi connectivity index (χ2n) is 4.20. The second-order valence-corrected chi connectivity index (χ2v) is 4.20. The molecule has 16 heavy (non-hydrogen) atoms. The van der Waals surface area contributed by atoms with E-state index in [1.807, 2.05) is 13.2 Å². The molecule has 3 heteroatoms. The Balaban J connectivity index is 0.000000963. The first-order valence-corrected chi connectivity index (χ1v) is 5.44. The summed E-state index contributed by atoms with van der Waals surface area (Å²) in [6.45, 7) is 0. The molecule has 3 rings (SSSR count). The molecule has 0 radical (unpaired) electrons. The van der Waals surface area contributed by atoms with Crippen LogP contribution in [0.4, 0.5) is 5.69 Å². The van der Waals surface area contributed by atoms with Gasteiger partial charge in [0.25, 0.3) is 0 Å². The molecule has 0 atom stereocenters. The third kappa shape index (κ3) is 1.98. The molecule has 84 valence electrons. The van der Waals surface area contributed by atoms with Crippen molar-refractivity contribution >= 4 is 29.0 Å². The fourth-order valence-corrected chi connectivity index (χ4v) is 1.94. The maximum atomic E-state index is 4.49. The molecular weight excluding hydrogens is 220 g/mol. The predicted molar refractivity (Wildman–Crippen MR) is 70.5 cm³/mol. The molecule has 2 aromatic rings. The van der Waals surface area contributed by atoms with Crippen molar-refractivity contribution in [2.24, 2.45) is 0 Å². The minimum absolute atomic E-state index is 0. The Labute approximate surface area is 101 Å². The molecule has 2 nitrogen and oxygen atoms in total. The summed E-state index contributed by atoms with van der Waals surface area (Å²) < 4.78 is 0. The van der Waals surface area contributed by atoms with Crippen LogP contribution in [0.3, 0.4) is 0 Å². The molecule has 1 saturated carbocycles. The number of nitrogens with zero attached hydrogens (tertiary/aromatic N) is 1. The summed E-state index contributed by atoms with van der Waals surface area (Å²) in [4.78, 5) is 4.49. The van der Waals surface area contributed by atoms with Crippen LogP contribution in [0.2, 0.25) is 0 Å². The van der Waals surface area contributed by atoms with E-state index >= 15 is 0 Å². The number of anilines is 1. The molecule has 0 spiro atoms. The molecule has 0 bridgehead atoms. The van der Waals surface area contributed by atoms with Gasteiger partial charge < -0.3 is 5.32 Å². The Morgan fingerprint density at radius 1 is 1.25 bits per heavy atom. The zero-order valence-electron chi connectivity index (χ0n) is 9.23. The van der Waals surface area contributed by atoms with Crippen LogP contribution in [-0.2, 0) is 0 Å². The first kappa shape index (κ1) is 11.2. The predicted octanol–water partition coefficient (Wildman–Crippen LogP) is 3.58. The first-order valence-electron chi connectivity index (χ1n) is 5.44. The maximum absolute atomic E-state index is 4.49. The van der Waals surface area contributed by atoms with Crippen LogP contribution in [0.1, 0.15) is 24.3 Å². The Kier molecular flexibility index (Phi) is 3.01. The van der Waals surface area contributed by atoms with Crippen LogP contribution in [0.25, 0.3) is 10.9 Å². The van der Waals surface area contributed by atoms with Gasteiger partial charge in [-0.15, -0.1) is 12.4 Å². The van der Waals surface area contributed by atoms with Gasteiger partial charge in [0.05, 0.1) is 5.52 Å². The fraction of sp³-hybridized carbons (Fsp3) is 0.308. The van der Waals surface area contributed by atoms with Crippen LogP contribution in [0, 0.1) is 0 Å². The van der Waals surface area contributed by atoms with E-state index in [4.69, 9.17) is 0 Å². The molecule has 1 N–H and O–H groups in total. The molecule has 1 aromatic carbocycles. The van der Waals surface area contributed by atoms with Gasteiger partial charge in [-0.3, -0.25) is 4.98 Å². The highest BCUT2D eigenvalue weighted by Crippen LogP contribution is 2.40.